The molecule has 1 heterocycles. The lowest BCUT2D eigenvalue weighted by Gasteiger charge is -2.28. The van der Waals surface area contributed by atoms with Crippen molar-refractivity contribution in [2.24, 2.45) is 11.3 Å². The maximum atomic E-state index is 13.4. The molecule has 4 heteroatoms. The number of Topliss-reactive ketones (excluding diaryl/α,β-unsaturated/α-hetero) is 1. The molecule has 2 rings (SSSR count). The number of rotatable bonds is 8. The number of ketones is 1. The van der Waals surface area contributed by atoms with Crippen molar-refractivity contribution in [3.8, 4) is 0 Å². The van der Waals surface area contributed by atoms with Gasteiger partial charge >= 0.3 is 0 Å². The quantitative estimate of drug-likeness (QED) is 0.457. The normalized spacial score (nSPS) is 15.7. The number of hydrogen-bond donors (Lipinski definition) is 0. The van der Waals surface area contributed by atoms with Crippen LogP contribution in [0.2, 0.25) is 5.02 Å². The number of unbranched alkanes of at least 4 members (excludes halogenated alkanes) is 1. The molecule has 0 N–H and O–H groups in total. The van der Waals surface area contributed by atoms with Gasteiger partial charge in [-0.25, -0.2) is 0 Å². The molecule has 0 bridgehead atoms. The molecule has 0 aromatic heterocycles. The van der Waals surface area contributed by atoms with Crippen LogP contribution in [-0.4, -0.2) is 18.2 Å². The number of benzene rings is 1. The molecule has 156 valence electrons. The Morgan fingerprint density at radius 3 is 2.57 bits per heavy atom. The summed E-state index contributed by atoms with van der Waals surface area (Å²) in [5.74, 6) is 0.593. The predicted molar refractivity (Wildman–Crippen MR) is 118 cm³/mol. The van der Waals surface area contributed by atoms with E-state index in [0.29, 0.717) is 12.2 Å². The number of halogens is 1. The van der Waals surface area contributed by atoms with Crippen LogP contribution in [0.25, 0.3) is 0 Å². The maximum absolute atomic E-state index is 13.4. The Hall–Kier alpha value is -1.35. The van der Waals surface area contributed by atoms with Gasteiger partial charge in [0, 0.05) is 35.0 Å². The monoisotopic (exact) mass is 405 g/mol. The third-order valence-corrected chi connectivity index (χ3v) is 5.94. The van der Waals surface area contributed by atoms with Gasteiger partial charge in [0.05, 0.1) is 0 Å². The molecule has 0 saturated carbocycles. The molecule has 0 fully saturated rings. The Labute approximate surface area is 175 Å². The molecular formula is C24H36ClNO2. The molecule has 0 saturated heterocycles. The summed E-state index contributed by atoms with van der Waals surface area (Å²) in [6.07, 6.45) is 8.28. The van der Waals surface area contributed by atoms with E-state index in [1.807, 2.05) is 43.9 Å². The van der Waals surface area contributed by atoms with Crippen LogP contribution in [0, 0.1) is 11.3 Å². The first-order chi connectivity index (χ1) is 13.2. The number of nitrogens with zero attached hydrogens (tertiary/aromatic N) is 1. The van der Waals surface area contributed by atoms with E-state index < -0.39 is 0 Å². The molecule has 28 heavy (non-hydrogen) atoms. The summed E-state index contributed by atoms with van der Waals surface area (Å²) in [4.78, 5) is 27.5. The van der Waals surface area contributed by atoms with Crippen molar-refractivity contribution in [1.29, 1.82) is 0 Å². The lowest BCUT2D eigenvalue weighted by atomic mass is 9.87. The molecule has 0 aliphatic carbocycles. The Bertz CT molecular complexity index is 678. The minimum absolute atomic E-state index is 0.0383. The fourth-order valence-corrected chi connectivity index (χ4v) is 4.16. The maximum Gasteiger partial charge on any atom is 0.230 e. The van der Waals surface area contributed by atoms with E-state index in [9.17, 15) is 9.59 Å². The molecule has 1 unspecified atom stereocenters. The summed E-state index contributed by atoms with van der Waals surface area (Å²) in [5.41, 5.74) is 1.95. The van der Waals surface area contributed by atoms with E-state index in [-0.39, 0.29) is 17.2 Å². The van der Waals surface area contributed by atoms with Crippen molar-refractivity contribution in [3.63, 3.8) is 0 Å². The number of amides is 1. The van der Waals surface area contributed by atoms with Gasteiger partial charge in [-0.05, 0) is 62.3 Å². The Morgan fingerprint density at radius 2 is 1.89 bits per heavy atom. The smallest absolute Gasteiger partial charge is 0.230 e. The molecule has 1 atom stereocenters. The van der Waals surface area contributed by atoms with Crippen LogP contribution in [0.15, 0.2) is 18.2 Å². The molecule has 0 spiro atoms. The number of carbonyl (C=O) groups excluding carboxylic acids is 2. The Morgan fingerprint density at radius 1 is 1.14 bits per heavy atom. The number of hydrogen-bond acceptors (Lipinski definition) is 2. The highest BCUT2D eigenvalue weighted by molar-refractivity contribution is 6.30. The van der Waals surface area contributed by atoms with E-state index in [1.54, 1.807) is 0 Å². The van der Waals surface area contributed by atoms with Crippen LogP contribution in [-0.2, 0) is 16.0 Å². The number of fused-ring (bicyclic) bond motifs is 1. The van der Waals surface area contributed by atoms with Gasteiger partial charge in [-0.15, -0.1) is 0 Å². The van der Waals surface area contributed by atoms with Crippen molar-refractivity contribution in [2.75, 3.05) is 11.4 Å². The first-order valence-electron chi connectivity index (χ1n) is 10.9. The second kappa shape index (κ2) is 10.4. The van der Waals surface area contributed by atoms with Gasteiger partial charge in [0.2, 0.25) is 5.91 Å². The highest BCUT2D eigenvalue weighted by atomic mass is 35.5. The highest BCUT2D eigenvalue weighted by Gasteiger charge is 2.27. The molecular weight excluding hydrogens is 370 g/mol. The zero-order chi connectivity index (χ0) is 20.7. The first-order valence-corrected chi connectivity index (χ1v) is 11.2. The van der Waals surface area contributed by atoms with E-state index >= 15 is 0 Å². The van der Waals surface area contributed by atoms with Gasteiger partial charge in [0.25, 0.3) is 0 Å². The van der Waals surface area contributed by atoms with Crippen LogP contribution >= 0.6 is 11.6 Å². The van der Waals surface area contributed by atoms with Crippen molar-refractivity contribution in [1.82, 2.24) is 0 Å². The predicted octanol–water partition coefficient (Wildman–Crippen LogP) is 6.60. The fraction of sp³-hybridized carbons (Fsp3) is 0.667. The van der Waals surface area contributed by atoms with Crippen LogP contribution in [0.3, 0.4) is 0 Å². The van der Waals surface area contributed by atoms with E-state index in [2.05, 4.69) is 6.92 Å². The minimum atomic E-state index is -0.268. The molecule has 1 aliphatic heterocycles. The fourth-order valence-electron chi connectivity index (χ4n) is 3.96. The Kier molecular flexibility index (Phi) is 8.55. The van der Waals surface area contributed by atoms with Gasteiger partial charge < -0.3 is 4.90 Å². The summed E-state index contributed by atoms with van der Waals surface area (Å²) in [6, 6.07) is 5.90. The average Bonchev–Trinajstić information content (AvgIpc) is 2.84. The van der Waals surface area contributed by atoms with Crippen molar-refractivity contribution in [3.05, 3.63) is 28.8 Å². The summed E-state index contributed by atoms with van der Waals surface area (Å²) in [7, 11) is 0. The van der Waals surface area contributed by atoms with Crippen molar-refractivity contribution in [2.45, 2.75) is 85.5 Å². The van der Waals surface area contributed by atoms with Gasteiger partial charge in [-0.1, -0.05) is 52.1 Å². The molecule has 3 nitrogen and oxygen atoms in total. The Balaban J connectivity index is 2.03. The zero-order valence-corrected chi connectivity index (χ0v) is 18.8. The lowest BCUT2D eigenvalue weighted by Crippen LogP contribution is -2.37. The molecule has 0 radical (unpaired) electrons. The van der Waals surface area contributed by atoms with Gasteiger partial charge in [0.15, 0.2) is 0 Å². The lowest BCUT2D eigenvalue weighted by molar-refractivity contribution is -0.126. The number of anilines is 1. The topological polar surface area (TPSA) is 37.4 Å². The summed E-state index contributed by atoms with van der Waals surface area (Å²) < 4.78 is 0. The third kappa shape index (κ3) is 6.34. The summed E-state index contributed by atoms with van der Waals surface area (Å²) in [5, 5.41) is 0.738. The van der Waals surface area contributed by atoms with Crippen molar-refractivity contribution < 1.29 is 9.59 Å². The molecule has 1 aromatic carbocycles. The van der Waals surface area contributed by atoms with Gasteiger partial charge in [0.1, 0.15) is 5.78 Å². The standard InChI is InChI=1S/C24H36ClNO2/c1-5-10-18(11-6-7-13-22(27)24(2,3)4)23(28)26-16-9-8-12-19-17-20(25)14-15-21(19)26/h14-15,17-18H,5-13,16H2,1-4H3. The first kappa shape index (κ1) is 22.9. The van der Waals surface area contributed by atoms with Crippen LogP contribution in [0.1, 0.15) is 84.6 Å². The van der Waals surface area contributed by atoms with Gasteiger partial charge in [-0.3, -0.25) is 9.59 Å². The summed E-state index contributed by atoms with van der Waals surface area (Å²) in [6.45, 7) is 8.85. The molecule has 1 aliphatic rings. The van der Waals surface area contributed by atoms with Crippen molar-refractivity contribution >= 4 is 29.0 Å². The van der Waals surface area contributed by atoms with Crippen LogP contribution in [0.4, 0.5) is 5.69 Å². The SMILES string of the molecule is CCCC(CCCCC(=O)C(C)(C)C)C(=O)N1CCCCc2cc(Cl)ccc21. The van der Waals surface area contributed by atoms with Crippen LogP contribution < -0.4 is 4.90 Å². The zero-order valence-electron chi connectivity index (χ0n) is 18.0. The number of carbonyl (C=O) groups is 2. The highest BCUT2D eigenvalue weighted by Crippen LogP contribution is 2.31. The second-order valence-corrected chi connectivity index (χ2v) is 9.56. The largest absolute Gasteiger partial charge is 0.312 e. The molecule has 1 amide bonds. The van der Waals surface area contributed by atoms with E-state index in [4.69, 9.17) is 11.6 Å². The average molecular weight is 406 g/mol. The van der Waals surface area contributed by atoms with E-state index in [0.717, 1.165) is 68.6 Å². The second-order valence-electron chi connectivity index (χ2n) is 9.12. The molecule has 1 aromatic rings. The van der Waals surface area contributed by atoms with Crippen LogP contribution in [0.5, 0.6) is 0 Å². The minimum Gasteiger partial charge on any atom is -0.312 e. The van der Waals surface area contributed by atoms with Gasteiger partial charge in [-0.2, -0.15) is 0 Å². The third-order valence-electron chi connectivity index (χ3n) is 5.71. The van der Waals surface area contributed by atoms with E-state index in [1.165, 1.54) is 5.56 Å². The summed E-state index contributed by atoms with van der Waals surface area (Å²) >= 11 is 6.18. The number of aryl methyl sites for hydroxylation is 1.